The summed E-state index contributed by atoms with van der Waals surface area (Å²) in [6.07, 6.45) is 10.00. The molecule has 10 heteroatoms. The number of aliphatic imine (C=N–C) groups is 1. The van der Waals surface area contributed by atoms with Crippen molar-refractivity contribution in [3.05, 3.63) is 78.5 Å². The Morgan fingerprint density at radius 2 is 2.02 bits per heavy atom. The highest BCUT2D eigenvalue weighted by Gasteiger charge is 2.31. The predicted molar refractivity (Wildman–Crippen MR) is 158 cm³/mol. The van der Waals surface area contributed by atoms with Gasteiger partial charge in [-0.15, -0.1) is 0 Å². The molecule has 10 nitrogen and oxygen atoms in total. The fraction of sp³-hybridized carbons (Fsp3) is 0.333. The van der Waals surface area contributed by atoms with Gasteiger partial charge in [-0.1, -0.05) is 24.3 Å². The number of anilines is 1. The van der Waals surface area contributed by atoms with Crippen LogP contribution < -0.4 is 15.8 Å². The summed E-state index contributed by atoms with van der Waals surface area (Å²) in [6.45, 7) is 7.04. The summed E-state index contributed by atoms with van der Waals surface area (Å²) in [4.78, 5) is 22.7. The van der Waals surface area contributed by atoms with Crippen LogP contribution in [0.5, 0.6) is 5.75 Å². The summed E-state index contributed by atoms with van der Waals surface area (Å²) in [7, 11) is 1.73. The molecule has 2 unspecified atom stereocenters. The van der Waals surface area contributed by atoms with Crippen molar-refractivity contribution in [2.45, 2.75) is 19.0 Å². The Labute approximate surface area is 234 Å². The number of hydrogen-bond acceptors (Lipinski definition) is 9. The monoisotopic (exact) mass is 537 g/mol. The second kappa shape index (κ2) is 11.8. The van der Waals surface area contributed by atoms with Crippen LogP contribution in [0.2, 0.25) is 0 Å². The van der Waals surface area contributed by atoms with E-state index in [9.17, 15) is 0 Å². The first-order valence-electron chi connectivity index (χ1n) is 13.8. The van der Waals surface area contributed by atoms with Crippen molar-refractivity contribution in [2.24, 2.45) is 10.7 Å². The molecular formula is C30H35N9O. The third-order valence-corrected chi connectivity index (χ3v) is 7.74. The maximum Gasteiger partial charge on any atom is 0.140 e. The van der Waals surface area contributed by atoms with Gasteiger partial charge in [-0.3, -0.25) is 14.3 Å². The van der Waals surface area contributed by atoms with Crippen molar-refractivity contribution in [1.82, 2.24) is 29.2 Å². The number of nitrogens with one attached hydrogen (secondary N) is 1. The molecule has 206 valence electrons. The number of rotatable bonds is 10. The number of nitrogens with two attached hydrogens (primary N) is 1. The number of imidazole rings is 1. The molecule has 0 spiro atoms. The molecule has 1 aromatic carbocycles. The largest absolute Gasteiger partial charge is 0.492 e. The summed E-state index contributed by atoms with van der Waals surface area (Å²) >= 11 is 0. The molecule has 3 N–H and O–H groups in total. The average Bonchev–Trinajstić information content (AvgIpc) is 3.60. The predicted octanol–water partition coefficient (Wildman–Crippen LogP) is 3.17. The maximum atomic E-state index is 6.11. The maximum absolute atomic E-state index is 6.11. The van der Waals surface area contributed by atoms with E-state index in [4.69, 9.17) is 10.5 Å². The Kier molecular flexibility index (Phi) is 7.69. The number of piperazine rings is 1. The van der Waals surface area contributed by atoms with Gasteiger partial charge in [0.2, 0.25) is 0 Å². The molecule has 2 saturated heterocycles. The van der Waals surface area contributed by atoms with Crippen molar-refractivity contribution >= 4 is 23.3 Å². The van der Waals surface area contributed by atoms with Gasteiger partial charge in [0.1, 0.15) is 30.1 Å². The number of aromatic nitrogens is 4. The van der Waals surface area contributed by atoms with Gasteiger partial charge in [0.15, 0.2) is 0 Å². The van der Waals surface area contributed by atoms with Crippen LogP contribution in [0.15, 0.2) is 72.4 Å². The molecule has 3 aromatic heterocycles. The van der Waals surface area contributed by atoms with Gasteiger partial charge in [-0.05, 0) is 30.2 Å². The van der Waals surface area contributed by atoms with Crippen LogP contribution in [0.25, 0.3) is 22.6 Å². The van der Waals surface area contributed by atoms with E-state index in [-0.39, 0.29) is 0 Å². The first-order valence-corrected chi connectivity index (χ1v) is 13.8. The summed E-state index contributed by atoms with van der Waals surface area (Å²) < 4.78 is 8.14. The number of benzene rings is 1. The number of ether oxygens (including phenoxy) is 1. The number of nitrogens with zero attached hydrogens (tertiary/aromatic N) is 7. The molecule has 0 aliphatic carbocycles. The number of fused-ring (bicyclic) bond motifs is 3. The molecule has 0 saturated carbocycles. The fourth-order valence-electron chi connectivity index (χ4n) is 5.54. The Bertz CT molecular complexity index is 1510. The van der Waals surface area contributed by atoms with Crippen molar-refractivity contribution in [3.8, 4) is 17.1 Å². The van der Waals surface area contributed by atoms with Crippen molar-refractivity contribution in [3.63, 3.8) is 0 Å². The fourth-order valence-corrected chi connectivity index (χ4v) is 5.54. The zero-order valence-electron chi connectivity index (χ0n) is 22.8. The van der Waals surface area contributed by atoms with Crippen LogP contribution in [0.1, 0.15) is 17.5 Å². The number of pyridine rings is 1. The minimum atomic E-state index is 0.630. The van der Waals surface area contributed by atoms with Gasteiger partial charge < -0.3 is 20.7 Å². The Morgan fingerprint density at radius 3 is 2.88 bits per heavy atom. The van der Waals surface area contributed by atoms with E-state index in [1.807, 2.05) is 47.1 Å². The third kappa shape index (κ3) is 5.68. The molecule has 2 aliphatic rings. The van der Waals surface area contributed by atoms with E-state index < -0.39 is 0 Å². The number of hydrogen-bond donors (Lipinski definition) is 2. The van der Waals surface area contributed by atoms with E-state index >= 15 is 0 Å². The molecule has 40 heavy (non-hydrogen) atoms. The van der Waals surface area contributed by atoms with E-state index in [1.54, 1.807) is 25.8 Å². The Morgan fingerprint density at radius 1 is 1.12 bits per heavy atom. The highest BCUT2D eigenvalue weighted by atomic mass is 16.5. The van der Waals surface area contributed by atoms with Crippen LogP contribution in [0.3, 0.4) is 0 Å². The summed E-state index contributed by atoms with van der Waals surface area (Å²) in [5.41, 5.74) is 11.3. The Hall–Kier alpha value is -4.28. The lowest BCUT2D eigenvalue weighted by Gasteiger charge is -2.34. The van der Waals surface area contributed by atoms with Crippen LogP contribution in [-0.2, 0) is 6.54 Å². The van der Waals surface area contributed by atoms with Gasteiger partial charge in [-0.2, -0.15) is 0 Å². The van der Waals surface area contributed by atoms with E-state index in [0.717, 1.165) is 58.4 Å². The second-order valence-electron chi connectivity index (χ2n) is 10.2. The van der Waals surface area contributed by atoms with Gasteiger partial charge in [0.25, 0.3) is 0 Å². The van der Waals surface area contributed by atoms with Crippen LogP contribution >= 0.6 is 0 Å². The van der Waals surface area contributed by atoms with Crippen LogP contribution in [-0.4, -0.2) is 87.8 Å². The van der Waals surface area contributed by atoms with Crippen molar-refractivity contribution < 1.29 is 4.74 Å². The lowest BCUT2D eigenvalue weighted by Crippen LogP contribution is -2.47. The molecular weight excluding hydrogens is 502 g/mol. The Balaban J connectivity index is 1.08. The smallest absolute Gasteiger partial charge is 0.140 e. The summed E-state index contributed by atoms with van der Waals surface area (Å²) in [5.74, 6) is 1.58. The number of allylic oxidation sites excluding steroid dienone is 1. The third-order valence-electron chi connectivity index (χ3n) is 7.74. The highest BCUT2D eigenvalue weighted by molar-refractivity contribution is 6.09. The van der Waals surface area contributed by atoms with E-state index in [1.165, 1.54) is 26.1 Å². The molecule has 2 atom stereocenters. The quantitative estimate of drug-likeness (QED) is 0.297. The molecule has 4 aromatic rings. The van der Waals surface area contributed by atoms with Crippen LogP contribution in [0.4, 0.5) is 5.82 Å². The highest BCUT2D eigenvalue weighted by Crippen LogP contribution is 2.24. The molecule has 2 fully saturated rings. The average molecular weight is 538 g/mol. The summed E-state index contributed by atoms with van der Waals surface area (Å²) in [5, 5.41) is 3.40. The van der Waals surface area contributed by atoms with E-state index in [0.29, 0.717) is 19.2 Å². The molecule has 2 aliphatic heterocycles. The first-order chi connectivity index (χ1) is 19.7. The zero-order chi connectivity index (χ0) is 27.3. The van der Waals surface area contributed by atoms with Crippen molar-refractivity contribution in [2.75, 3.05) is 51.7 Å². The second-order valence-corrected chi connectivity index (χ2v) is 10.2. The van der Waals surface area contributed by atoms with Crippen molar-refractivity contribution in [1.29, 1.82) is 0 Å². The molecule has 6 rings (SSSR count). The van der Waals surface area contributed by atoms with Gasteiger partial charge in [-0.25, -0.2) is 15.0 Å². The lowest BCUT2D eigenvalue weighted by molar-refractivity contribution is 0.115. The zero-order valence-corrected chi connectivity index (χ0v) is 22.8. The molecule has 0 amide bonds. The van der Waals surface area contributed by atoms with Crippen LogP contribution in [0, 0.1) is 0 Å². The molecule has 2 bridgehead atoms. The topological polar surface area (TPSA) is 109 Å². The molecule has 5 heterocycles. The summed E-state index contributed by atoms with van der Waals surface area (Å²) in [6, 6.07) is 14.8. The van der Waals surface area contributed by atoms with Gasteiger partial charge in [0.05, 0.1) is 17.6 Å². The SMILES string of the molecule is CN=C/C(=C\N)c1ccc(CNc2cc(-c3cnc4cc(OCCN5CCN6CCC5C6)ccn34)ncn2)cc1. The normalized spacial score (nSPS) is 19.5. The first kappa shape index (κ1) is 26.0. The lowest BCUT2D eigenvalue weighted by atomic mass is 10.1. The van der Waals surface area contributed by atoms with Gasteiger partial charge in [0, 0.05) is 82.1 Å². The van der Waals surface area contributed by atoms with E-state index in [2.05, 4.69) is 47.2 Å². The van der Waals surface area contributed by atoms with Gasteiger partial charge >= 0.3 is 0 Å². The minimum Gasteiger partial charge on any atom is -0.492 e. The standard InChI is InChI=1S/C30H35N9O/c1-32-18-24(16-31)23-4-2-22(3-5-23)17-33-29-15-27(35-21-36-29)28-19-34-30-14-26(7-9-39(28)30)40-13-12-38-11-10-37-8-6-25(38)20-37/h2-5,7,9,14-16,18-19,21,25H,6,8,10-13,17,20,31H2,1H3,(H,33,35,36)/b24-16+,32-18?. The molecule has 0 radical (unpaired) electrons. The minimum absolute atomic E-state index is 0.630.